The van der Waals surface area contributed by atoms with Gasteiger partial charge >= 0.3 is 0 Å². The molecule has 42 heavy (non-hydrogen) atoms. The van der Waals surface area contributed by atoms with Crippen molar-refractivity contribution in [3.05, 3.63) is 93.6 Å². The Labute approximate surface area is 256 Å². The Kier molecular flexibility index (Phi) is 8.94. The van der Waals surface area contributed by atoms with Crippen LogP contribution in [0.3, 0.4) is 0 Å². The Hall–Kier alpha value is -3.36. The maximum absolute atomic E-state index is 14.5. The summed E-state index contributed by atoms with van der Waals surface area (Å²) in [7, 11) is 3.63. The molecule has 0 unspecified atom stereocenters. The first-order chi connectivity index (χ1) is 20.1. The molecule has 1 aromatic heterocycles. The summed E-state index contributed by atoms with van der Waals surface area (Å²) in [6, 6.07) is 20.3. The molecule has 0 saturated carbocycles. The van der Waals surface area contributed by atoms with Gasteiger partial charge in [-0.2, -0.15) is 0 Å². The summed E-state index contributed by atoms with van der Waals surface area (Å²) < 4.78 is 8.54. The lowest BCUT2D eigenvalue weighted by molar-refractivity contribution is -0.0210. The van der Waals surface area contributed by atoms with Crippen molar-refractivity contribution in [1.82, 2.24) is 14.4 Å². The zero-order chi connectivity index (χ0) is 30.1. The van der Waals surface area contributed by atoms with Gasteiger partial charge in [-0.25, -0.2) is 0 Å². The number of hydrogen-bond donors (Lipinski definition) is 1. The van der Waals surface area contributed by atoms with E-state index in [2.05, 4.69) is 0 Å². The number of rotatable bonds is 5. The van der Waals surface area contributed by atoms with Crippen LogP contribution in [0.25, 0.3) is 22.0 Å². The third-order valence-electron chi connectivity index (χ3n) is 8.14. The highest BCUT2D eigenvalue weighted by Gasteiger charge is 2.34. The number of nitrogens with zero attached hydrogens (tertiary/aromatic N) is 3. The molecule has 0 aliphatic carbocycles. The average molecular weight is 609 g/mol. The van der Waals surface area contributed by atoms with Crippen LogP contribution < -0.4 is 0 Å². The fraction of sp³-hybridized carbons (Fsp3) is 0.333. The lowest BCUT2D eigenvalue weighted by atomic mass is 9.96. The number of benzene rings is 3. The number of aliphatic hydroxyl groups excluding tert-OH is 1. The lowest BCUT2D eigenvalue weighted by Gasteiger charge is -2.35. The van der Waals surface area contributed by atoms with E-state index in [0.717, 1.165) is 27.6 Å². The molecule has 0 bridgehead atoms. The number of aromatic nitrogens is 1. The van der Waals surface area contributed by atoms with Crippen molar-refractivity contribution in [1.29, 1.82) is 0 Å². The fourth-order valence-electron chi connectivity index (χ4n) is 5.78. The Bertz CT molecular complexity index is 1610. The number of aliphatic hydroxyl groups is 1. The summed E-state index contributed by atoms with van der Waals surface area (Å²) in [5.74, 6) is -0.574. The van der Waals surface area contributed by atoms with Crippen LogP contribution in [-0.4, -0.2) is 70.2 Å². The van der Waals surface area contributed by atoms with E-state index < -0.39 is 12.1 Å². The van der Waals surface area contributed by atoms with Crippen LogP contribution in [-0.2, 0) is 18.4 Å². The number of likely N-dealkylation sites (N-methyl/N-ethyl adjacent to an activating group) is 1. The van der Waals surface area contributed by atoms with Gasteiger partial charge in [0.2, 0.25) is 0 Å². The normalized spacial score (nSPS) is 18.3. The van der Waals surface area contributed by atoms with Crippen molar-refractivity contribution in [2.45, 2.75) is 32.6 Å². The molecule has 5 rings (SSSR count). The van der Waals surface area contributed by atoms with Gasteiger partial charge in [0, 0.05) is 65.2 Å². The van der Waals surface area contributed by atoms with Crippen LogP contribution in [0.4, 0.5) is 0 Å². The number of hydrogen-bond acceptors (Lipinski definition) is 4. The zero-order valence-corrected chi connectivity index (χ0v) is 25.7. The molecule has 2 amide bonds. The monoisotopic (exact) mass is 607 g/mol. The van der Waals surface area contributed by atoms with Gasteiger partial charge in [-0.3, -0.25) is 9.59 Å². The second kappa shape index (κ2) is 12.5. The SMILES string of the molecule is C[C@@H]1CN([C@H](C)CO)C(=O)c2c(c3ccccc3n2C)-c2ccccc2CO[C@H]1CN(C)C(=O)c1cc(Cl)cc(Cl)c1. The summed E-state index contributed by atoms with van der Waals surface area (Å²) in [5, 5.41) is 11.9. The molecule has 9 heteroatoms. The van der Waals surface area contributed by atoms with Crippen LogP contribution in [0.5, 0.6) is 0 Å². The van der Waals surface area contributed by atoms with Gasteiger partial charge in [0.1, 0.15) is 5.69 Å². The number of carbonyl (C=O) groups excluding carboxylic acids is 2. The first-order valence-corrected chi connectivity index (χ1v) is 14.8. The van der Waals surface area contributed by atoms with Crippen molar-refractivity contribution < 1.29 is 19.4 Å². The molecule has 1 N–H and O–H groups in total. The standard InChI is InChI=1S/C33H35Cl2N3O4/c1-20-16-38(21(2)18-39)33(41)31-30(27-11-7-8-12-28(27)37(31)4)26-10-6-5-9-22(26)19-42-29(20)17-36(3)32(40)23-13-24(34)15-25(35)14-23/h5-15,20-21,29,39H,16-19H2,1-4H3/t20-,21-,29+/m1/s1. The predicted molar refractivity (Wildman–Crippen MR) is 167 cm³/mol. The molecule has 1 aliphatic rings. The second-order valence-electron chi connectivity index (χ2n) is 11.1. The maximum Gasteiger partial charge on any atom is 0.271 e. The van der Waals surface area contributed by atoms with E-state index in [0.29, 0.717) is 34.5 Å². The van der Waals surface area contributed by atoms with Gasteiger partial charge in [-0.1, -0.05) is 72.6 Å². The van der Waals surface area contributed by atoms with Gasteiger partial charge in [-0.05, 0) is 42.3 Å². The first-order valence-electron chi connectivity index (χ1n) is 14.0. The average Bonchev–Trinajstić information content (AvgIpc) is 3.27. The van der Waals surface area contributed by atoms with E-state index in [1.807, 2.05) is 74.0 Å². The van der Waals surface area contributed by atoms with E-state index in [4.69, 9.17) is 27.9 Å². The van der Waals surface area contributed by atoms with Gasteiger partial charge < -0.3 is 24.2 Å². The molecule has 3 aromatic carbocycles. The van der Waals surface area contributed by atoms with Crippen LogP contribution in [0.1, 0.15) is 40.3 Å². The van der Waals surface area contributed by atoms with E-state index in [1.165, 1.54) is 0 Å². The topological polar surface area (TPSA) is 75.0 Å². The highest BCUT2D eigenvalue weighted by Crippen LogP contribution is 2.38. The van der Waals surface area contributed by atoms with E-state index in [9.17, 15) is 14.7 Å². The van der Waals surface area contributed by atoms with Crippen molar-refractivity contribution in [3.8, 4) is 11.1 Å². The molecule has 2 heterocycles. The van der Waals surface area contributed by atoms with Crippen LogP contribution >= 0.6 is 23.2 Å². The third-order valence-corrected chi connectivity index (χ3v) is 8.57. The molecule has 0 saturated heterocycles. The molecule has 1 aliphatic heterocycles. The first kappa shape index (κ1) is 30.1. The Morgan fingerprint density at radius 3 is 2.48 bits per heavy atom. The van der Waals surface area contributed by atoms with Crippen molar-refractivity contribution in [2.24, 2.45) is 13.0 Å². The van der Waals surface area contributed by atoms with Crippen LogP contribution in [0.15, 0.2) is 66.7 Å². The van der Waals surface area contributed by atoms with Gasteiger partial charge in [0.25, 0.3) is 11.8 Å². The lowest BCUT2D eigenvalue weighted by Crippen LogP contribution is -2.48. The Morgan fingerprint density at radius 2 is 1.76 bits per heavy atom. The van der Waals surface area contributed by atoms with E-state index in [1.54, 1.807) is 35.0 Å². The number of ether oxygens (including phenoxy) is 1. The minimum atomic E-state index is -0.435. The second-order valence-corrected chi connectivity index (χ2v) is 12.0. The number of carbonyl (C=O) groups is 2. The highest BCUT2D eigenvalue weighted by molar-refractivity contribution is 6.35. The van der Waals surface area contributed by atoms with E-state index in [-0.39, 0.29) is 30.9 Å². The summed E-state index contributed by atoms with van der Waals surface area (Å²) in [6.45, 7) is 4.56. The molecule has 0 spiro atoms. The number of para-hydroxylation sites is 1. The van der Waals surface area contributed by atoms with Gasteiger partial charge in [-0.15, -0.1) is 0 Å². The number of amides is 2. The summed E-state index contributed by atoms with van der Waals surface area (Å²) in [4.78, 5) is 31.1. The molecule has 4 aromatic rings. The number of fused-ring (bicyclic) bond motifs is 5. The van der Waals surface area contributed by atoms with Crippen molar-refractivity contribution in [3.63, 3.8) is 0 Å². The predicted octanol–water partition coefficient (Wildman–Crippen LogP) is 6.28. The van der Waals surface area contributed by atoms with Crippen LogP contribution in [0.2, 0.25) is 10.0 Å². The van der Waals surface area contributed by atoms with Gasteiger partial charge in [0.05, 0.1) is 25.4 Å². The number of halogens is 2. The largest absolute Gasteiger partial charge is 0.394 e. The smallest absolute Gasteiger partial charge is 0.271 e. The van der Waals surface area contributed by atoms with Crippen LogP contribution in [0, 0.1) is 5.92 Å². The number of aryl methyl sites for hydroxylation is 1. The Morgan fingerprint density at radius 1 is 1.10 bits per heavy atom. The fourth-order valence-corrected chi connectivity index (χ4v) is 6.30. The molecular weight excluding hydrogens is 573 g/mol. The van der Waals surface area contributed by atoms with Crippen molar-refractivity contribution >= 4 is 45.9 Å². The quantitative estimate of drug-likeness (QED) is 0.290. The maximum atomic E-state index is 14.5. The van der Waals surface area contributed by atoms with Crippen molar-refractivity contribution in [2.75, 3.05) is 26.7 Å². The minimum absolute atomic E-state index is 0.162. The molecular formula is C33H35Cl2N3O4. The van der Waals surface area contributed by atoms with Gasteiger partial charge in [0.15, 0.2) is 0 Å². The molecule has 3 atom stereocenters. The van der Waals surface area contributed by atoms with E-state index >= 15 is 0 Å². The molecule has 7 nitrogen and oxygen atoms in total. The summed E-state index contributed by atoms with van der Waals surface area (Å²) in [5.41, 5.74) is 4.62. The zero-order valence-electron chi connectivity index (χ0n) is 24.2. The molecule has 0 radical (unpaired) electrons. The summed E-state index contributed by atoms with van der Waals surface area (Å²) >= 11 is 12.3. The summed E-state index contributed by atoms with van der Waals surface area (Å²) in [6.07, 6.45) is -0.416. The minimum Gasteiger partial charge on any atom is -0.394 e. The highest BCUT2D eigenvalue weighted by atomic mass is 35.5. The molecule has 0 fully saturated rings. The molecule has 220 valence electrons. The Balaban J connectivity index is 1.58. The third kappa shape index (κ3) is 5.79.